The fourth-order valence-corrected chi connectivity index (χ4v) is 3.09. The number of aromatic nitrogens is 2. The van der Waals surface area contributed by atoms with Crippen LogP contribution in [0.1, 0.15) is 42.2 Å². The maximum absolute atomic E-state index is 13.6. The summed E-state index contributed by atoms with van der Waals surface area (Å²) in [4.78, 5) is 13.9. The largest absolute Gasteiger partial charge is 0.504 e. The molecule has 6 nitrogen and oxygen atoms in total. The van der Waals surface area contributed by atoms with Gasteiger partial charge >= 0.3 is 0 Å². The molecule has 1 saturated heterocycles. The molecule has 0 bridgehead atoms. The van der Waals surface area contributed by atoms with Gasteiger partial charge in [0.25, 0.3) is 5.91 Å². The van der Waals surface area contributed by atoms with E-state index in [0.29, 0.717) is 5.92 Å². The summed E-state index contributed by atoms with van der Waals surface area (Å²) in [5.74, 6) is -0.504. The lowest BCUT2D eigenvalue weighted by Crippen LogP contribution is -2.38. The van der Waals surface area contributed by atoms with Crippen LogP contribution in [-0.2, 0) is 0 Å². The van der Waals surface area contributed by atoms with Crippen LogP contribution in [0.25, 0.3) is 5.69 Å². The van der Waals surface area contributed by atoms with E-state index in [2.05, 4.69) is 18.9 Å². The Morgan fingerprint density at radius 3 is 2.88 bits per heavy atom. The number of hydrogen-bond donors (Lipinski definition) is 2. The van der Waals surface area contributed by atoms with Gasteiger partial charge in [-0.25, -0.2) is 9.07 Å². The molecule has 7 heteroatoms. The second-order valence-corrected chi connectivity index (χ2v) is 6.68. The van der Waals surface area contributed by atoms with Gasteiger partial charge < -0.3 is 15.1 Å². The zero-order valence-corrected chi connectivity index (χ0v) is 14.3. The van der Waals surface area contributed by atoms with Gasteiger partial charge in [0, 0.05) is 6.42 Å². The van der Waals surface area contributed by atoms with E-state index in [-0.39, 0.29) is 31.0 Å². The van der Waals surface area contributed by atoms with Crippen LogP contribution in [-0.4, -0.2) is 56.2 Å². The van der Waals surface area contributed by atoms with Crippen LogP contribution in [0.5, 0.6) is 5.75 Å². The van der Waals surface area contributed by atoms with E-state index in [4.69, 9.17) is 0 Å². The molecule has 134 valence electrons. The minimum Gasteiger partial charge on any atom is -0.504 e. The number of halogens is 1. The normalized spacial score (nSPS) is 20.4. The van der Waals surface area contributed by atoms with Gasteiger partial charge in [-0.3, -0.25) is 4.79 Å². The third kappa shape index (κ3) is 3.37. The molecule has 3 rings (SSSR count). The molecule has 25 heavy (non-hydrogen) atoms. The molecule has 2 atom stereocenters. The van der Waals surface area contributed by atoms with Crippen LogP contribution < -0.4 is 0 Å². The van der Waals surface area contributed by atoms with Gasteiger partial charge in [-0.05, 0) is 23.6 Å². The van der Waals surface area contributed by atoms with Crippen molar-refractivity contribution in [3.63, 3.8) is 0 Å². The standard InChI is InChI=1S/C18H22FN3O3/c1-11(2)12-4-3-5-14(6-12)22-9-16(24)17(20-22)18(25)21-8-13(19)7-15(21)10-23/h3-6,9,11,13,15,23-24H,7-8,10H2,1-2H3/t13-,15-/m0/s1. The van der Waals surface area contributed by atoms with E-state index in [0.717, 1.165) is 11.3 Å². The highest BCUT2D eigenvalue weighted by molar-refractivity contribution is 5.95. The highest BCUT2D eigenvalue weighted by Crippen LogP contribution is 2.26. The fourth-order valence-electron chi connectivity index (χ4n) is 3.09. The van der Waals surface area contributed by atoms with E-state index in [1.54, 1.807) is 0 Å². The number of rotatable bonds is 4. The number of aliphatic hydroxyl groups excluding tert-OH is 1. The molecule has 1 fully saturated rings. The van der Waals surface area contributed by atoms with Crippen molar-refractivity contribution in [3.05, 3.63) is 41.7 Å². The Labute approximate surface area is 145 Å². The fraction of sp³-hybridized carbons (Fsp3) is 0.444. The van der Waals surface area contributed by atoms with Crippen LogP contribution in [0, 0.1) is 0 Å². The maximum Gasteiger partial charge on any atom is 0.278 e. The molecule has 0 saturated carbocycles. The number of aliphatic hydroxyl groups is 1. The minimum atomic E-state index is -1.17. The van der Waals surface area contributed by atoms with E-state index in [9.17, 15) is 19.4 Å². The SMILES string of the molecule is CC(C)c1cccc(-n2cc(O)c(C(=O)N3C[C@@H](F)C[C@H]3CO)n2)c1. The van der Waals surface area contributed by atoms with Crippen molar-refractivity contribution in [1.82, 2.24) is 14.7 Å². The zero-order valence-electron chi connectivity index (χ0n) is 14.3. The summed E-state index contributed by atoms with van der Waals surface area (Å²) < 4.78 is 15.0. The van der Waals surface area contributed by atoms with Crippen LogP contribution in [0.4, 0.5) is 4.39 Å². The molecule has 0 spiro atoms. The second kappa shape index (κ2) is 6.84. The Bertz CT molecular complexity index is 775. The Morgan fingerprint density at radius 1 is 1.44 bits per heavy atom. The lowest BCUT2D eigenvalue weighted by molar-refractivity contribution is 0.0663. The van der Waals surface area contributed by atoms with Gasteiger partial charge in [-0.1, -0.05) is 26.0 Å². The molecule has 0 unspecified atom stereocenters. The summed E-state index contributed by atoms with van der Waals surface area (Å²) in [5.41, 5.74) is 1.70. The van der Waals surface area contributed by atoms with Crippen molar-refractivity contribution in [3.8, 4) is 11.4 Å². The van der Waals surface area contributed by atoms with Crippen molar-refractivity contribution >= 4 is 5.91 Å². The molecule has 1 aromatic carbocycles. The molecule has 2 N–H and O–H groups in total. The smallest absolute Gasteiger partial charge is 0.278 e. The van der Waals surface area contributed by atoms with E-state index in [1.807, 2.05) is 24.3 Å². The monoisotopic (exact) mass is 347 g/mol. The minimum absolute atomic E-state index is 0.0974. The van der Waals surface area contributed by atoms with Crippen molar-refractivity contribution in [2.24, 2.45) is 0 Å². The van der Waals surface area contributed by atoms with Crippen molar-refractivity contribution in [1.29, 1.82) is 0 Å². The molecular weight excluding hydrogens is 325 g/mol. The number of carbonyl (C=O) groups is 1. The number of benzene rings is 1. The van der Waals surface area contributed by atoms with Crippen LogP contribution >= 0.6 is 0 Å². The number of aromatic hydroxyl groups is 1. The first-order valence-electron chi connectivity index (χ1n) is 8.35. The average Bonchev–Trinajstić information content (AvgIpc) is 3.17. The second-order valence-electron chi connectivity index (χ2n) is 6.68. The molecule has 1 aliphatic rings. The van der Waals surface area contributed by atoms with E-state index >= 15 is 0 Å². The quantitative estimate of drug-likeness (QED) is 0.889. The lowest BCUT2D eigenvalue weighted by atomic mass is 10.0. The van der Waals surface area contributed by atoms with Crippen molar-refractivity contribution in [2.45, 2.75) is 38.4 Å². The molecule has 0 radical (unpaired) electrons. The van der Waals surface area contributed by atoms with E-state index < -0.39 is 18.1 Å². The molecule has 1 aliphatic heterocycles. The summed E-state index contributed by atoms with van der Waals surface area (Å²) in [6.45, 7) is 3.73. The maximum atomic E-state index is 13.6. The first kappa shape index (κ1) is 17.4. The summed E-state index contributed by atoms with van der Waals surface area (Å²) in [6, 6.07) is 7.07. The molecule has 0 aliphatic carbocycles. The first-order valence-corrected chi connectivity index (χ1v) is 8.35. The van der Waals surface area contributed by atoms with Gasteiger partial charge in [0.1, 0.15) is 6.17 Å². The molecule has 2 aromatic rings. The number of alkyl halides is 1. The van der Waals surface area contributed by atoms with Gasteiger partial charge in [0.2, 0.25) is 0 Å². The van der Waals surface area contributed by atoms with Gasteiger partial charge in [-0.15, -0.1) is 0 Å². The summed E-state index contributed by atoms with van der Waals surface area (Å²) in [7, 11) is 0. The topological polar surface area (TPSA) is 78.6 Å². The summed E-state index contributed by atoms with van der Waals surface area (Å²) in [6.07, 6.45) is 0.289. The van der Waals surface area contributed by atoms with E-state index in [1.165, 1.54) is 15.8 Å². The number of carbonyl (C=O) groups excluding carboxylic acids is 1. The number of nitrogens with zero attached hydrogens (tertiary/aromatic N) is 3. The highest BCUT2D eigenvalue weighted by Gasteiger charge is 2.37. The third-order valence-corrected chi connectivity index (χ3v) is 4.53. The average molecular weight is 347 g/mol. The van der Waals surface area contributed by atoms with Crippen LogP contribution in [0.2, 0.25) is 0 Å². The number of likely N-dealkylation sites (tertiary alicyclic amines) is 1. The Hall–Kier alpha value is -2.41. The Kier molecular flexibility index (Phi) is 4.76. The Morgan fingerprint density at radius 2 is 2.20 bits per heavy atom. The number of hydrogen-bond acceptors (Lipinski definition) is 4. The zero-order chi connectivity index (χ0) is 18.1. The highest BCUT2D eigenvalue weighted by atomic mass is 19.1. The van der Waals surface area contributed by atoms with Crippen molar-refractivity contribution in [2.75, 3.05) is 13.2 Å². The van der Waals surface area contributed by atoms with Gasteiger partial charge in [0.05, 0.1) is 31.1 Å². The summed E-state index contributed by atoms with van der Waals surface area (Å²) >= 11 is 0. The first-order chi connectivity index (χ1) is 11.9. The van der Waals surface area contributed by atoms with Crippen molar-refractivity contribution < 1.29 is 19.4 Å². The molecule has 1 aromatic heterocycles. The summed E-state index contributed by atoms with van der Waals surface area (Å²) in [5, 5.41) is 23.7. The Balaban J connectivity index is 1.90. The number of amides is 1. The molecule has 2 heterocycles. The van der Waals surface area contributed by atoms with Gasteiger partial charge in [-0.2, -0.15) is 5.10 Å². The van der Waals surface area contributed by atoms with Crippen LogP contribution in [0.3, 0.4) is 0 Å². The van der Waals surface area contributed by atoms with Crippen LogP contribution in [0.15, 0.2) is 30.5 Å². The molecular formula is C18H22FN3O3. The predicted octanol–water partition coefficient (Wildman–Crippen LogP) is 2.25. The predicted molar refractivity (Wildman–Crippen MR) is 90.7 cm³/mol. The lowest BCUT2D eigenvalue weighted by Gasteiger charge is -2.21. The third-order valence-electron chi connectivity index (χ3n) is 4.53. The molecule has 1 amide bonds. The van der Waals surface area contributed by atoms with Gasteiger partial charge in [0.15, 0.2) is 11.4 Å².